The molecular weight excluding hydrogens is 283 g/mol. The number of hydrogen-bond donors (Lipinski definition) is 0. The van der Waals surface area contributed by atoms with E-state index >= 15 is 0 Å². The lowest BCUT2D eigenvalue weighted by atomic mass is 9.94. The molecule has 0 unspecified atom stereocenters. The van der Waals surface area contributed by atoms with E-state index in [1.807, 2.05) is 22.9 Å². The number of ether oxygens (including phenoxy) is 1. The lowest BCUT2D eigenvalue weighted by Gasteiger charge is -2.45. The minimum Gasteiger partial charge on any atom is -0.438 e. The van der Waals surface area contributed by atoms with E-state index in [1.54, 1.807) is 3.11 Å². The zero-order valence-electron chi connectivity index (χ0n) is 7.62. The summed E-state index contributed by atoms with van der Waals surface area (Å²) < 4.78 is 6.94. The Morgan fingerprint density at radius 2 is 2.23 bits per heavy atom. The average Bonchev–Trinajstić information content (AvgIpc) is 2.27. The molecular formula is C8H13IN2O2. The number of carbonyl (C=O) groups excluding carboxylic acids is 1. The van der Waals surface area contributed by atoms with Gasteiger partial charge in [-0.3, -0.25) is 4.90 Å². The van der Waals surface area contributed by atoms with Crippen molar-refractivity contribution in [2.75, 3.05) is 26.2 Å². The molecule has 2 fully saturated rings. The summed E-state index contributed by atoms with van der Waals surface area (Å²) in [7, 11) is 0. The highest BCUT2D eigenvalue weighted by Gasteiger charge is 2.52. The van der Waals surface area contributed by atoms with Gasteiger partial charge in [-0.05, 0) is 13.0 Å². The Balaban J connectivity index is 1.87. The van der Waals surface area contributed by atoms with Crippen LogP contribution in [-0.4, -0.2) is 45.9 Å². The number of rotatable bonds is 2. The number of nitrogens with zero attached hydrogens (tertiary/aromatic N) is 2. The molecule has 2 saturated heterocycles. The van der Waals surface area contributed by atoms with E-state index in [1.165, 1.54) is 0 Å². The fraction of sp³-hybridized carbons (Fsp3) is 0.875. The zero-order chi connectivity index (χ0) is 9.47. The summed E-state index contributed by atoms with van der Waals surface area (Å²) in [6, 6.07) is 0. The van der Waals surface area contributed by atoms with Crippen LogP contribution in [0.5, 0.6) is 0 Å². The molecule has 2 aliphatic rings. The molecule has 0 aromatic rings. The lowest BCUT2D eigenvalue weighted by molar-refractivity contribution is -0.0725. The highest BCUT2D eigenvalue weighted by atomic mass is 127. The fourth-order valence-electron chi connectivity index (χ4n) is 1.99. The molecule has 0 atom stereocenters. The maximum atomic E-state index is 11.1. The van der Waals surface area contributed by atoms with Crippen LogP contribution in [0.15, 0.2) is 0 Å². The van der Waals surface area contributed by atoms with Gasteiger partial charge in [0, 0.05) is 13.1 Å². The van der Waals surface area contributed by atoms with Gasteiger partial charge in [-0.25, -0.2) is 7.91 Å². The molecule has 5 heteroatoms. The molecule has 74 valence electrons. The molecule has 0 saturated carbocycles. The Morgan fingerprint density at radius 3 is 2.69 bits per heavy atom. The van der Waals surface area contributed by atoms with Crippen LogP contribution in [0.4, 0.5) is 4.79 Å². The molecule has 2 rings (SSSR count). The second kappa shape index (κ2) is 3.27. The van der Waals surface area contributed by atoms with E-state index in [9.17, 15) is 4.79 Å². The number of halogens is 1. The number of amides is 1. The van der Waals surface area contributed by atoms with Crippen LogP contribution in [0, 0.1) is 0 Å². The molecule has 0 aliphatic carbocycles. The second-order valence-electron chi connectivity index (χ2n) is 3.78. The number of carbonyl (C=O) groups is 1. The topological polar surface area (TPSA) is 32.8 Å². The third kappa shape index (κ3) is 1.63. The Kier molecular flexibility index (Phi) is 2.39. The quantitative estimate of drug-likeness (QED) is 0.568. The van der Waals surface area contributed by atoms with E-state index in [-0.39, 0.29) is 11.7 Å². The van der Waals surface area contributed by atoms with Gasteiger partial charge in [0.05, 0.1) is 29.4 Å². The van der Waals surface area contributed by atoms with Crippen LogP contribution >= 0.6 is 22.9 Å². The molecule has 0 N–H and O–H groups in total. The van der Waals surface area contributed by atoms with Gasteiger partial charge in [0.15, 0.2) is 5.60 Å². The first-order valence-electron chi connectivity index (χ1n) is 4.54. The molecule has 2 aliphatic heterocycles. The first kappa shape index (κ1) is 9.51. The van der Waals surface area contributed by atoms with Gasteiger partial charge in [-0.2, -0.15) is 0 Å². The summed E-state index contributed by atoms with van der Waals surface area (Å²) >= 11 is 2.01. The van der Waals surface area contributed by atoms with Gasteiger partial charge < -0.3 is 4.74 Å². The van der Waals surface area contributed by atoms with E-state index in [2.05, 4.69) is 11.8 Å². The molecule has 4 nitrogen and oxygen atoms in total. The molecule has 1 amide bonds. The van der Waals surface area contributed by atoms with Gasteiger partial charge in [0.2, 0.25) is 0 Å². The lowest BCUT2D eigenvalue weighted by Crippen LogP contribution is -2.63. The van der Waals surface area contributed by atoms with Crippen molar-refractivity contribution in [3.8, 4) is 0 Å². The molecule has 13 heavy (non-hydrogen) atoms. The predicted octanol–water partition coefficient (Wildman–Crippen LogP) is 1.25. The summed E-state index contributed by atoms with van der Waals surface area (Å²) in [6.45, 7) is 5.83. The van der Waals surface area contributed by atoms with Crippen LogP contribution in [-0.2, 0) is 4.74 Å². The molecule has 2 heterocycles. The fourth-order valence-corrected chi connectivity index (χ4v) is 2.71. The predicted molar refractivity (Wildman–Crippen MR) is 56.7 cm³/mol. The maximum absolute atomic E-state index is 11.1. The van der Waals surface area contributed by atoms with Crippen molar-refractivity contribution >= 4 is 29.0 Å². The van der Waals surface area contributed by atoms with Gasteiger partial charge in [0.1, 0.15) is 0 Å². The third-order valence-electron chi connectivity index (χ3n) is 2.49. The smallest absolute Gasteiger partial charge is 0.419 e. The molecule has 0 aromatic heterocycles. The second-order valence-corrected chi connectivity index (χ2v) is 4.95. The van der Waals surface area contributed by atoms with Crippen molar-refractivity contribution < 1.29 is 9.53 Å². The SMILES string of the molecule is CCCN1CC2(C1)CN(I)C(=O)O2. The molecule has 0 aromatic carbocycles. The monoisotopic (exact) mass is 296 g/mol. The average molecular weight is 296 g/mol. The number of hydrogen-bond acceptors (Lipinski definition) is 3. The summed E-state index contributed by atoms with van der Waals surface area (Å²) in [5.74, 6) is 0. The largest absolute Gasteiger partial charge is 0.438 e. The van der Waals surface area contributed by atoms with Crippen molar-refractivity contribution in [1.29, 1.82) is 0 Å². The first-order valence-corrected chi connectivity index (χ1v) is 5.50. The van der Waals surface area contributed by atoms with Crippen molar-refractivity contribution in [3.63, 3.8) is 0 Å². The van der Waals surface area contributed by atoms with E-state index in [0.717, 1.165) is 32.6 Å². The first-order chi connectivity index (χ1) is 6.15. The van der Waals surface area contributed by atoms with Crippen molar-refractivity contribution in [1.82, 2.24) is 8.01 Å². The van der Waals surface area contributed by atoms with Gasteiger partial charge in [-0.1, -0.05) is 6.92 Å². The molecule has 0 bridgehead atoms. The summed E-state index contributed by atoms with van der Waals surface area (Å²) in [5.41, 5.74) is -0.173. The highest BCUT2D eigenvalue weighted by molar-refractivity contribution is 14.1. The highest BCUT2D eigenvalue weighted by Crippen LogP contribution is 2.33. The van der Waals surface area contributed by atoms with Gasteiger partial charge in [-0.15, -0.1) is 0 Å². The Morgan fingerprint density at radius 1 is 1.54 bits per heavy atom. The van der Waals surface area contributed by atoms with E-state index in [4.69, 9.17) is 4.74 Å². The maximum Gasteiger partial charge on any atom is 0.419 e. The van der Waals surface area contributed by atoms with Crippen molar-refractivity contribution in [2.45, 2.75) is 18.9 Å². The van der Waals surface area contributed by atoms with Gasteiger partial charge in [0.25, 0.3) is 0 Å². The standard InChI is InChI=1S/C8H13IN2O2/c1-2-3-10-4-8(5-10)6-11(9)7(12)13-8/h2-6H2,1H3. The van der Waals surface area contributed by atoms with Crippen molar-refractivity contribution in [2.24, 2.45) is 0 Å². The minimum absolute atomic E-state index is 0.173. The summed E-state index contributed by atoms with van der Waals surface area (Å²) in [6.07, 6.45) is 0.981. The summed E-state index contributed by atoms with van der Waals surface area (Å²) in [4.78, 5) is 13.4. The third-order valence-corrected chi connectivity index (χ3v) is 3.23. The normalized spacial score (nSPS) is 26.3. The molecule has 1 spiro atoms. The Hall–Kier alpha value is -0.0400. The molecule has 0 radical (unpaired) electrons. The van der Waals surface area contributed by atoms with Crippen LogP contribution in [0.2, 0.25) is 0 Å². The Labute approximate surface area is 91.7 Å². The van der Waals surface area contributed by atoms with Crippen LogP contribution in [0.1, 0.15) is 13.3 Å². The van der Waals surface area contributed by atoms with Crippen LogP contribution < -0.4 is 0 Å². The van der Waals surface area contributed by atoms with Crippen LogP contribution in [0.3, 0.4) is 0 Å². The summed E-state index contributed by atoms with van der Waals surface area (Å²) in [5, 5.41) is 0. The van der Waals surface area contributed by atoms with Crippen LogP contribution in [0.25, 0.3) is 0 Å². The van der Waals surface area contributed by atoms with E-state index < -0.39 is 0 Å². The minimum atomic E-state index is -0.184. The van der Waals surface area contributed by atoms with Gasteiger partial charge >= 0.3 is 6.09 Å². The van der Waals surface area contributed by atoms with Crippen molar-refractivity contribution in [3.05, 3.63) is 0 Å². The number of likely N-dealkylation sites (tertiary alicyclic amines) is 1. The zero-order valence-corrected chi connectivity index (χ0v) is 9.78. The van der Waals surface area contributed by atoms with E-state index in [0.29, 0.717) is 0 Å². The Bertz CT molecular complexity index is 228.